The SMILES string of the molecule is Cc1noc(C)c1S(=O)(=O)Nc1ccc2c(c1)C(=O)N([C@H](C)CO)C[C@H](C)[C@H](CN(C)Cc1ccncc1)OCCCC[C@H](C)O2. The Hall–Kier alpha value is -3.52. The molecule has 2 aromatic heterocycles. The number of hydrogen-bond acceptors (Lipinski definition) is 10. The zero-order valence-electron chi connectivity index (χ0n) is 27.6. The zero-order chi connectivity index (χ0) is 33.4. The average molecular weight is 658 g/mol. The number of aryl methyl sites for hydroxylation is 2. The molecule has 1 aromatic carbocycles. The van der Waals surface area contributed by atoms with Crippen LogP contribution in [0.4, 0.5) is 5.69 Å². The van der Waals surface area contributed by atoms with E-state index in [4.69, 9.17) is 14.0 Å². The molecule has 1 amide bonds. The zero-order valence-corrected chi connectivity index (χ0v) is 28.4. The predicted octanol–water partition coefficient (Wildman–Crippen LogP) is 4.41. The van der Waals surface area contributed by atoms with Crippen LogP contribution in [0, 0.1) is 19.8 Å². The van der Waals surface area contributed by atoms with Gasteiger partial charge in [0.1, 0.15) is 11.4 Å². The van der Waals surface area contributed by atoms with Gasteiger partial charge in [-0.05, 0) is 89.9 Å². The molecule has 0 saturated carbocycles. The number of anilines is 1. The summed E-state index contributed by atoms with van der Waals surface area (Å²) in [6.45, 7) is 10.9. The summed E-state index contributed by atoms with van der Waals surface area (Å²) in [5.41, 5.74) is 1.76. The van der Waals surface area contributed by atoms with Crippen LogP contribution < -0.4 is 9.46 Å². The molecule has 2 N–H and O–H groups in total. The number of fused-ring (bicyclic) bond motifs is 1. The average Bonchev–Trinajstić information content (AvgIpc) is 3.37. The minimum atomic E-state index is -4.06. The van der Waals surface area contributed by atoms with Crippen LogP contribution in [0.3, 0.4) is 0 Å². The largest absolute Gasteiger partial charge is 0.490 e. The lowest BCUT2D eigenvalue weighted by molar-refractivity contribution is -0.0177. The number of ether oxygens (including phenoxy) is 2. The number of aromatic nitrogens is 2. The van der Waals surface area contributed by atoms with Crippen molar-refractivity contribution in [3.8, 4) is 5.75 Å². The maximum Gasteiger partial charge on any atom is 0.267 e. The lowest BCUT2D eigenvalue weighted by Crippen LogP contribution is -2.47. The minimum absolute atomic E-state index is 0.0481. The Kier molecular flexibility index (Phi) is 12.2. The van der Waals surface area contributed by atoms with Crippen LogP contribution in [-0.4, -0.2) is 91.0 Å². The van der Waals surface area contributed by atoms with Gasteiger partial charge < -0.3 is 24.0 Å². The van der Waals surface area contributed by atoms with Crippen LogP contribution >= 0.6 is 0 Å². The molecule has 3 aromatic rings. The molecule has 4 atom stereocenters. The molecule has 0 bridgehead atoms. The van der Waals surface area contributed by atoms with Crippen molar-refractivity contribution in [1.29, 1.82) is 0 Å². The van der Waals surface area contributed by atoms with E-state index in [2.05, 4.69) is 26.7 Å². The number of benzene rings is 1. The van der Waals surface area contributed by atoms with E-state index in [9.17, 15) is 18.3 Å². The van der Waals surface area contributed by atoms with Crippen molar-refractivity contribution in [3.63, 3.8) is 0 Å². The summed E-state index contributed by atoms with van der Waals surface area (Å²) in [5.74, 6) is 0.0411. The molecule has 13 heteroatoms. The van der Waals surface area contributed by atoms with E-state index in [1.165, 1.54) is 13.0 Å². The van der Waals surface area contributed by atoms with Crippen molar-refractivity contribution < 1.29 is 32.3 Å². The number of nitrogens with zero attached hydrogens (tertiary/aromatic N) is 4. The van der Waals surface area contributed by atoms with E-state index in [1.807, 2.05) is 26.1 Å². The molecule has 12 nitrogen and oxygen atoms in total. The third kappa shape index (κ3) is 9.05. The highest BCUT2D eigenvalue weighted by Gasteiger charge is 2.31. The van der Waals surface area contributed by atoms with Crippen LogP contribution in [0.15, 0.2) is 52.1 Å². The van der Waals surface area contributed by atoms with E-state index in [1.54, 1.807) is 43.3 Å². The van der Waals surface area contributed by atoms with Crippen LogP contribution in [0.2, 0.25) is 0 Å². The Labute approximate surface area is 272 Å². The number of pyridine rings is 1. The third-order valence-electron chi connectivity index (χ3n) is 8.23. The van der Waals surface area contributed by atoms with Gasteiger partial charge in [-0.1, -0.05) is 12.1 Å². The van der Waals surface area contributed by atoms with Gasteiger partial charge in [-0.3, -0.25) is 19.4 Å². The summed E-state index contributed by atoms with van der Waals surface area (Å²) in [6.07, 6.45) is 5.65. The molecule has 3 heterocycles. The Morgan fingerprint density at radius 3 is 2.57 bits per heavy atom. The first-order valence-electron chi connectivity index (χ1n) is 15.8. The van der Waals surface area contributed by atoms with E-state index in [-0.39, 0.29) is 58.2 Å². The van der Waals surface area contributed by atoms with E-state index in [0.29, 0.717) is 25.4 Å². The second kappa shape index (κ2) is 15.9. The molecule has 1 aliphatic heterocycles. The van der Waals surface area contributed by atoms with Gasteiger partial charge in [0.05, 0.1) is 30.4 Å². The fourth-order valence-corrected chi connectivity index (χ4v) is 7.07. The van der Waals surface area contributed by atoms with Crippen LogP contribution in [0.5, 0.6) is 5.75 Å². The number of rotatable bonds is 9. The smallest absolute Gasteiger partial charge is 0.267 e. The second-order valence-electron chi connectivity index (χ2n) is 12.3. The van der Waals surface area contributed by atoms with Crippen molar-refractivity contribution in [2.45, 2.75) is 83.6 Å². The predicted molar refractivity (Wildman–Crippen MR) is 174 cm³/mol. The molecular weight excluding hydrogens is 610 g/mol. The molecule has 0 fully saturated rings. The normalized spacial score (nSPS) is 20.9. The number of likely N-dealkylation sites (N-methyl/N-ethyl adjacent to an activating group) is 1. The molecule has 0 spiro atoms. The number of carbonyl (C=O) groups is 1. The third-order valence-corrected chi connectivity index (χ3v) is 9.86. The van der Waals surface area contributed by atoms with Gasteiger partial charge in [0, 0.05) is 50.2 Å². The fourth-order valence-electron chi connectivity index (χ4n) is 5.68. The number of carbonyl (C=O) groups excluding carboxylic acids is 1. The van der Waals surface area contributed by atoms with Crippen molar-refractivity contribution in [2.24, 2.45) is 5.92 Å². The van der Waals surface area contributed by atoms with Crippen LogP contribution in [0.25, 0.3) is 0 Å². The highest BCUT2D eigenvalue weighted by molar-refractivity contribution is 7.92. The van der Waals surface area contributed by atoms with Gasteiger partial charge in [-0.25, -0.2) is 8.42 Å². The van der Waals surface area contributed by atoms with E-state index < -0.39 is 16.1 Å². The molecule has 0 saturated heterocycles. The molecule has 0 unspecified atom stereocenters. The lowest BCUT2D eigenvalue weighted by atomic mass is 10.0. The second-order valence-corrected chi connectivity index (χ2v) is 13.9. The van der Waals surface area contributed by atoms with Crippen LogP contribution in [-0.2, 0) is 21.3 Å². The topological polar surface area (TPSA) is 147 Å². The molecule has 46 heavy (non-hydrogen) atoms. The van der Waals surface area contributed by atoms with Gasteiger partial charge >= 0.3 is 0 Å². The molecule has 0 aliphatic carbocycles. The summed E-state index contributed by atoms with van der Waals surface area (Å²) in [7, 11) is -2.01. The first kappa shape index (κ1) is 35.3. The maximum atomic E-state index is 14.4. The van der Waals surface area contributed by atoms with E-state index >= 15 is 0 Å². The highest BCUT2D eigenvalue weighted by Crippen LogP contribution is 2.30. The van der Waals surface area contributed by atoms with Gasteiger partial charge in [0.2, 0.25) is 0 Å². The number of amides is 1. The van der Waals surface area contributed by atoms with Crippen molar-refractivity contribution in [2.75, 3.05) is 38.1 Å². The Morgan fingerprint density at radius 2 is 1.89 bits per heavy atom. The summed E-state index contributed by atoms with van der Waals surface area (Å²) in [6, 6.07) is 8.13. The van der Waals surface area contributed by atoms with Gasteiger partial charge in [-0.2, -0.15) is 0 Å². The minimum Gasteiger partial charge on any atom is -0.490 e. The fraction of sp³-hybridized carbons (Fsp3) is 0.545. The number of aliphatic hydroxyl groups is 1. The maximum absolute atomic E-state index is 14.4. The lowest BCUT2D eigenvalue weighted by Gasteiger charge is -2.36. The van der Waals surface area contributed by atoms with Crippen LogP contribution in [0.1, 0.15) is 67.4 Å². The molecular formula is C33H47N5O7S. The van der Waals surface area contributed by atoms with Gasteiger partial charge in [0.15, 0.2) is 10.7 Å². The first-order chi connectivity index (χ1) is 21.9. The highest BCUT2D eigenvalue weighted by atomic mass is 32.2. The summed E-state index contributed by atoms with van der Waals surface area (Å²) < 4.78 is 46.9. The van der Waals surface area contributed by atoms with Gasteiger partial charge in [-0.15, -0.1) is 0 Å². The summed E-state index contributed by atoms with van der Waals surface area (Å²) in [4.78, 5) is 22.2. The van der Waals surface area contributed by atoms with Crippen molar-refractivity contribution in [3.05, 3.63) is 65.3 Å². The number of aliphatic hydroxyl groups excluding tert-OH is 1. The monoisotopic (exact) mass is 657 g/mol. The summed E-state index contributed by atoms with van der Waals surface area (Å²) in [5, 5.41) is 14.0. The number of nitrogens with one attached hydrogen (secondary N) is 1. The number of sulfonamides is 1. The Balaban J connectivity index is 1.66. The van der Waals surface area contributed by atoms with Gasteiger partial charge in [0.25, 0.3) is 15.9 Å². The number of hydrogen-bond donors (Lipinski definition) is 2. The van der Waals surface area contributed by atoms with Crippen molar-refractivity contribution >= 4 is 21.6 Å². The molecule has 4 rings (SSSR count). The molecule has 1 aliphatic rings. The Bertz CT molecular complexity index is 1530. The Morgan fingerprint density at radius 1 is 1.15 bits per heavy atom. The summed E-state index contributed by atoms with van der Waals surface area (Å²) >= 11 is 0. The first-order valence-corrected chi connectivity index (χ1v) is 17.2. The standard InChI is InChI=1S/C33H47N5O7S/c1-22-18-38(23(2)21-39)33(40)29-17-28(36-46(41,42)32-25(4)35-45-26(32)5)10-11-30(29)44-24(3)9-7-8-16-43-31(22)20-37(6)19-27-12-14-34-15-13-27/h10-15,17,22-24,31,36,39H,7-9,16,18-21H2,1-6H3/t22-,23+,24-,31-/m0/s1. The quantitative estimate of drug-likeness (QED) is 0.339. The molecule has 0 radical (unpaired) electrons. The van der Waals surface area contributed by atoms with Crippen molar-refractivity contribution in [1.82, 2.24) is 19.9 Å². The molecule has 252 valence electrons. The van der Waals surface area contributed by atoms with E-state index in [0.717, 1.165) is 31.4 Å².